The topological polar surface area (TPSA) is 58.6 Å². The molecule has 0 saturated heterocycles. The van der Waals surface area contributed by atoms with Crippen LogP contribution in [0.15, 0.2) is 54.6 Å². The zero-order valence-corrected chi connectivity index (χ0v) is 14.9. The molecule has 1 unspecified atom stereocenters. The van der Waals surface area contributed by atoms with E-state index in [9.17, 15) is 9.59 Å². The van der Waals surface area contributed by atoms with Crippen LogP contribution in [0, 0.1) is 0 Å². The summed E-state index contributed by atoms with van der Waals surface area (Å²) >= 11 is 0. The Morgan fingerprint density at radius 3 is 2.20 bits per heavy atom. The number of likely N-dealkylation sites (N-methyl/N-ethyl adjacent to an activating group) is 1. The largest absolute Gasteiger partial charge is 0.497 e. The number of carbonyl (C=O) groups excluding carboxylic acids is 2. The number of hydrogen-bond acceptors (Lipinski definition) is 3. The van der Waals surface area contributed by atoms with Crippen LogP contribution in [0.25, 0.3) is 0 Å². The van der Waals surface area contributed by atoms with E-state index in [-0.39, 0.29) is 11.8 Å². The molecule has 0 aromatic heterocycles. The van der Waals surface area contributed by atoms with Crippen LogP contribution < -0.4 is 10.1 Å². The van der Waals surface area contributed by atoms with Gasteiger partial charge >= 0.3 is 0 Å². The Balaban J connectivity index is 2.25. The Morgan fingerprint density at radius 2 is 1.68 bits per heavy atom. The molecule has 0 aliphatic carbocycles. The van der Waals surface area contributed by atoms with E-state index in [1.165, 1.54) is 6.92 Å². The van der Waals surface area contributed by atoms with Gasteiger partial charge in [0.1, 0.15) is 11.8 Å². The molecule has 1 N–H and O–H groups in total. The molecule has 5 nitrogen and oxygen atoms in total. The van der Waals surface area contributed by atoms with E-state index in [2.05, 4.69) is 5.32 Å². The number of carbonyl (C=O) groups is 2. The van der Waals surface area contributed by atoms with Gasteiger partial charge in [0.2, 0.25) is 11.8 Å². The fourth-order valence-electron chi connectivity index (χ4n) is 2.72. The lowest BCUT2D eigenvalue weighted by Crippen LogP contribution is -2.49. The Hall–Kier alpha value is -2.82. The predicted molar refractivity (Wildman–Crippen MR) is 97.2 cm³/mol. The van der Waals surface area contributed by atoms with Crippen LogP contribution in [-0.4, -0.2) is 36.9 Å². The minimum Gasteiger partial charge on any atom is -0.497 e. The lowest BCUT2D eigenvalue weighted by Gasteiger charge is -2.30. The fraction of sp³-hybridized carbons (Fsp3) is 0.300. The van der Waals surface area contributed by atoms with E-state index < -0.39 is 6.04 Å². The molecule has 5 heteroatoms. The summed E-state index contributed by atoms with van der Waals surface area (Å²) in [7, 11) is 3.20. The first kappa shape index (κ1) is 18.5. The van der Waals surface area contributed by atoms with Crippen LogP contribution in [0.4, 0.5) is 0 Å². The molecule has 0 spiro atoms. The molecule has 25 heavy (non-hydrogen) atoms. The number of amides is 2. The molecule has 0 saturated carbocycles. The van der Waals surface area contributed by atoms with E-state index in [1.54, 1.807) is 19.1 Å². The maximum atomic E-state index is 12.4. The van der Waals surface area contributed by atoms with E-state index in [0.717, 1.165) is 16.9 Å². The van der Waals surface area contributed by atoms with Crippen molar-refractivity contribution >= 4 is 11.8 Å². The standard InChI is InChI=1S/C20H24N2O3/c1-15(23)22(14-17-9-11-18(25-3)12-10-17)19(20(24)21-2)13-16-7-5-4-6-8-16/h4-12,19H,13-14H2,1-3H3,(H,21,24). The maximum absolute atomic E-state index is 12.4. The maximum Gasteiger partial charge on any atom is 0.242 e. The first-order valence-electron chi connectivity index (χ1n) is 8.20. The summed E-state index contributed by atoms with van der Waals surface area (Å²) in [5.74, 6) is 0.443. The molecule has 0 aliphatic rings. The average molecular weight is 340 g/mol. The van der Waals surface area contributed by atoms with E-state index >= 15 is 0 Å². The van der Waals surface area contributed by atoms with Crippen molar-refractivity contribution in [2.24, 2.45) is 0 Å². The summed E-state index contributed by atoms with van der Waals surface area (Å²) in [5.41, 5.74) is 1.95. The first-order valence-corrected chi connectivity index (χ1v) is 8.20. The Bertz CT molecular complexity index is 699. The molecule has 2 aromatic carbocycles. The highest BCUT2D eigenvalue weighted by molar-refractivity contribution is 5.87. The Morgan fingerprint density at radius 1 is 1.04 bits per heavy atom. The molecule has 2 aromatic rings. The first-order chi connectivity index (χ1) is 12.0. The van der Waals surface area contributed by atoms with Gasteiger partial charge in [-0.2, -0.15) is 0 Å². The summed E-state index contributed by atoms with van der Waals surface area (Å²) in [5, 5.41) is 2.67. The average Bonchev–Trinajstić information content (AvgIpc) is 2.65. The third-order valence-electron chi connectivity index (χ3n) is 4.11. The van der Waals surface area contributed by atoms with Crippen LogP contribution in [0.5, 0.6) is 5.75 Å². The summed E-state index contributed by atoms with van der Waals surface area (Å²) < 4.78 is 5.16. The Kier molecular flexibility index (Phi) is 6.57. The molecule has 2 amide bonds. The van der Waals surface area contributed by atoms with Gasteiger partial charge in [-0.25, -0.2) is 0 Å². The molecule has 0 radical (unpaired) electrons. The van der Waals surface area contributed by atoms with E-state index in [4.69, 9.17) is 4.74 Å². The van der Waals surface area contributed by atoms with E-state index in [1.807, 2.05) is 54.6 Å². The molecule has 0 aliphatic heterocycles. The van der Waals surface area contributed by atoms with Gasteiger partial charge in [-0.3, -0.25) is 9.59 Å². The van der Waals surface area contributed by atoms with Gasteiger partial charge in [0.05, 0.1) is 7.11 Å². The fourth-order valence-corrected chi connectivity index (χ4v) is 2.72. The molecular weight excluding hydrogens is 316 g/mol. The predicted octanol–water partition coefficient (Wildman–Crippen LogP) is 2.40. The van der Waals surface area contributed by atoms with Crippen molar-refractivity contribution in [1.29, 1.82) is 0 Å². The highest BCUT2D eigenvalue weighted by Gasteiger charge is 2.27. The SMILES string of the molecule is CNC(=O)C(Cc1ccccc1)N(Cc1ccc(OC)cc1)C(C)=O. The van der Waals surface area contributed by atoms with Crippen LogP contribution in [-0.2, 0) is 22.6 Å². The van der Waals surface area contributed by atoms with Gasteiger partial charge < -0.3 is 15.0 Å². The Labute approximate surface area is 148 Å². The van der Waals surface area contributed by atoms with Gasteiger partial charge in [0.15, 0.2) is 0 Å². The lowest BCUT2D eigenvalue weighted by molar-refractivity contribution is -0.139. The minimum atomic E-state index is -0.563. The molecule has 0 bridgehead atoms. The summed E-state index contributed by atoms with van der Waals surface area (Å²) in [6.45, 7) is 1.86. The van der Waals surface area contributed by atoms with Crippen molar-refractivity contribution in [3.8, 4) is 5.75 Å². The monoisotopic (exact) mass is 340 g/mol. The van der Waals surface area contributed by atoms with Crippen LogP contribution >= 0.6 is 0 Å². The number of ether oxygens (including phenoxy) is 1. The van der Waals surface area contributed by atoms with Crippen LogP contribution in [0.1, 0.15) is 18.1 Å². The summed E-state index contributed by atoms with van der Waals surface area (Å²) in [6.07, 6.45) is 0.469. The van der Waals surface area contributed by atoms with Crippen molar-refractivity contribution in [2.45, 2.75) is 25.9 Å². The highest BCUT2D eigenvalue weighted by Crippen LogP contribution is 2.17. The number of benzene rings is 2. The lowest BCUT2D eigenvalue weighted by atomic mass is 10.0. The van der Waals surface area contributed by atoms with Crippen LogP contribution in [0.3, 0.4) is 0 Å². The van der Waals surface area contributed by atoms with Gasteiger partial charge in [0, 0.05) is 26.9 Å². The van der Waals surface area contributed by atoms with Crippen molar-refractivity contribution in [3.63, 3.8) is 0 Å². The molecular formula is C20H24N2O3. The van der Waals surface area contributed by atoms with E-state index in [0.29, 0.717) is 13.0 Å². The highest BCUT2D eigenvalue weighted by atomic mass is 16.5. The van der Waals surface area contributed by atoms with Crippen molar-refractivity contribution in [3.05, 3.63) is 65.7 Å². The van der Waals surface area contributed by atoms with Gasteiger partial charge in [-0.15, -0.1) is 0 Å². The van der Waals surface area contributed by atoms with Gasteiger partial charge in [-0.1, -0.05) is 42.5 Å². The zero-order valence-electron chi connectivity index (χ0n) is 14.9. The van der Waals surface area contributed by atoms with Gasteiger partial charge in [0.25, 0.3) is 0 Å². The molecule has 1 atom stereocenters. The van der Waals surface area contributed by atoms with Crippen molar-refractivity contribution < 1.29 is 14.3 Å². The molecule has 0 heterocycles. The second-order valence-electron chi connectivity index (χ2n) is 5.81. The second-order valence-corrected chi connectivity index (χ2v) is 5.81. The summed E-state index contributed by atoms with van der Waals surface area (Å²) in [6, 6.07) is 16.6. The van der Waals surface area contributed by atoms with Crippen LogP contribution in [0.2, 0.25) is 0 Å². The minimum absolute atomic E-state index is 0.139. The number of nitrogens with one attached hydrogen (secondary N) is 1. The number of nitrogens with zero attached hydrogens (tertiary/aromatic N) is 1. The molecule has 132 valence electrons. The van der Waals surface area contributed by atoms with Crippen molar-refractivity contribution in [2.75, 3.05) is 14.2 Å². The number of rotatable bonds is 7. The summed E-state index contributed by atoms with van der Waals surface area (Å²) in [4.78, 5) is 26.3. The smallest absolute Gasteiger partial charge is 0.242 e. The van der Waals surface area contributed by atoms with Crippen molar-refractivity contribution in [1.82, 2.24) is 10.2 Å². The number of methoxy groups -OCH3 is 1. The van der Waals surface area contributed by atoms with Gasteiger partial charge in [-0.05, 0) is 23.3 Å². The molecule has 2 rings (SSSR count). The second kappa shape index (κ2) is 8.87. The molecule has 0 fully saturated rings. The quantitative estimate of drug-likeness (QED) is 0.842. The normalized spacial score (nSPS) is 11.5. The number of hydrogen-bond donors (Lipinski definition) is 1. The third kappa shape index (κ3) is 5.08. The third-order valence-corrected chi connectivity index (χ3v) is 4.11. The zero-order chi connectivity index (χ0) is 18.2.